The molecule has 0 spiro atoms. The Morgan fingerprint density at radius 1 is 1.17 bits per heavy atom. The van der Waals surface area contributed by atoms with Crippen LogP contribution in [0.5, 0.6) is 0 Å². The molecule has 1 unspecified atom stereocenters. The topological polar surface area (TPSA) is 61.5 Å². The Hall–Kier alpha value is -1.88. The van der Waals surface area contributed by atoms with Crippen LogP contribution in [0.15, 0.2) is 48.5 Å². The first-order valence-electron chi connectivity index (χ1n) is 7.85. The van der Waals surface area contributed by atoms with Crippen molar-refractivity contribution in [1.82, 2.24) is 0 Å². The summed E-state index contributed by atoms with van der Waals surface area (Å²) in [6.07, 6.45) is -0.245. The molecule has 2 N–H and O–H groups in total. The molecule has 4 nitrogen and oxygen atoms in total. The van der Waals surface area contributed by atoms with Gasteiger partial charge in [0.25, 0.3) is 0 Å². The van der Waals surface area contributed by atoms with Crippen molar-refractivity contribution < 1.29 is 14.3 Å². The average molecular weight is 348 g/mol. The van der Waals surface area contributed by atoms with E-state index in [9.17, 15) is 4.79 Å². The van der Waals surface area contributed by atoms with E-state index in [-0.39, 0.29) is 0 Å². The fraction of sp³-hybridized carbons (Fsp3) is 0.316. The normalized spacial score (nSPS) is 13.3. The van der Waals surface area contributed by atoms with Crippen molar-refractivity contribution in [1.29, 1.82) is 0 Å². The van der Waals surface area contributed by atoms with E-state index in [0.717, 1.165) is 16.7 Å². The molecule has 2 atom stereocenters. The number of carbonyl (C=O) groups excluding carboxylic acids is 1. The first kappa shape index (κ1) is 18.5. The van der Waals surface area contributed by atoms with Gasteiger partial charge in [-0.05, 0) is 42.2 Å². The summed E-state index contributed by atoms with van der Waals surface area (Å²) in [7, 11) is 1.46. The maximum absolute atomic E-state index is 11.8. The summed E-state index contributed by atoms with van der Waals surface area (Å²) in [6.45, 7) is 2.06. The van der Waals surface area contributed by atoms with Crippen molar-refractivity contribution in [3.05, 3.63) is 59.1 Å². The molecule has 0 aliphatic rings. The van der Waals surface area contributed by atoms with Gasteiger partial charge in [0.1, 0.15) is 0 Å². The molecule has 0 saturated carbocycles. The first-order valence-corrected chi connectivity index (χ1v) is 8.22. The number of carbonyl (C=O) groups is 1. The van der Waals surface area contributed by atoms with E-state index < -0.39 is 18.1 Å². The lowest BCUT2D eigenvalue weighted by molar-refractivity contribution is -0.156. The van der Waals surface area contributed by atoms with E-state index in [1.54, 1.807) is 6.92 Å². The predicted molar refractivity (Wildman–Crippen MR) is 96.0 cm³/mol. The SMILES string of the molecule is CCOC(=O)[C@@H](OC)C(N)Cc1ccc(-c2cccc(Cl)c2)cc1. The van der Waals surface area contributed by atoms with E-state index in [1.165, 1.54) is 7.11 Å². The van der Waals surface area contributed by atoms with E-state index >= 15 is 0 Å². The molecule has 2 aromatic rings. The van der Waals surface area contributed by atoms with E-state index in [2.05, 4.69) is 0 Å². The summed E-state index contributed by atoms with van der Waals surface area (Å²) in [5.41, 5.74) is 9.27. The summed E-state index contributed by atoms with van der Waals surface area (Å²) in [4.78, 5) is 11.8. The van der Waals surface area contributed by atoms with Gasteiger partial charge in [-0.1, -0.05) is 48.0 Å². The lowest BCUT2D eigenvalue weighted by atomic mass is 9.99. The van der Waals surface area contributed by atoms with Gasteiger partial charge in [-0.15, -0.1) is 0 Å². The Kier molecular flexibility index (Phi) is 6.79. The van der Waals surface area contributed by atoms with Crippen LogP contribution in [0.25, 0.3) is 11.1 Å². The molecule has 0 heterocycles. The van der Waals surface area contributed by atoms with E-state index in [1.807, 2.05) is 48.5 Å². The summed E-state index contributed by atoms with van der Waals surface area (Å²) in [6, 6.07) is 15.2. The van der Waals surface area contributed by atoms with Crippen LogP contribution in [-0.2, 0) is 20.7 Å². The lowest BCUT2D eigenvalue weighted by Crippen LogP contribution is -2.44. The van der Waals surface area contributed by atoms with Gasteiger partial charge in [0.2, 0.25) is 0 Å². The van der Waals surface area contributed by atoms with Gasteiger partial charge in [-0.3, -0.25) is 0 Å². The number of ether oxygens (including phenoxy) is 2. The molecule has 0 aromatic heterocycles. The molecule has 0 aliphatic heterocycles. The zero-order chi connectivity index (χ0) is 17.5. The Labute approximate surface area is 147 Å². The smallest absolute Gasteiger partial charge is 0.336 e. The van der Waals surface area contributed by atoms with Crippen LogP contribution < -0.4 is 5.73 Å². The average Bonchev–Trinajstić information content (AvgIpc) is 2.56. The standard InChI is InChI=1S/C19H22ClNO3/c1-3-24-19(22)18(23-2)17(21)11-13-7-9-14(10-8-13)15-5-4-6-16(20)12-15/h4-10,12,17-18H,3,11,21H2,1-2H3/t17?,18-/m0/s1. The largest absolute Gasteiger partial charge is 0.464 e. The van der Waals surface area contributed by atoms with Gasteiger partial charge in [0, 0.05) is 18.2 Å². The lowest BCUT2D eigenvalue weighted by Gasteiger charge is -2.21. The Morgan fingerprint density at radius 2 is 1.88 bits per heavy atom. The van der Waals surface area contributed by atoms with Gasteiger partial charge in [-0.2, -0.15) is 0 Å². The molecule has 0 aliphatic carbocycles. The molecule has 2 rings (SSSR count). The maximum Gasteiger partial charge on any atom is 0.336 e. The highest BCUT2D eigenvalue weighted by Gasteiger charge is 2.26. The van der Waals surface area contributed by atoms with Gasteiger partial charge in [0.05, 0.1) is 6.61 Å². The minimum atomic E-state index is -0.766. The van der Waals surface area contributed by atoms with Crippen molar-refractivity contribution in [3.8, 4) is 11.1 Å². The predicted octanol–water partition coefficient (Wildman–Crippen LogP) is 3.45. The summed E-state index contributed by atoms with van der Waals surface area (Å²) in [5.74, 6) is -0.428. The first-order chi connectivity index (χ1) is 11.5. The number of esters is 1. The third-order valence-corrected chi connectivity index (χ3v) is 3.98. The molecule has 128 valence electrons. The number of rotatable bonds is 7. The minimum absolute atomic E-state index is 0.305. The van der Waals surface area contributed by atoms with Crippen LogP contribution in [0.4, 0.5) is 0 Å². The van der Waals surface area contributed by atoms with Gasteiger partial charge < -0.3 is 15.2 Å². The fourth-order valence-corrected chi connectivity index (χ4v) is 2.74. The van der Waals surface area contributed by atoms with Crippen LogP contribution in [0, 0.1) is 0 Å². The quantitative estimate of drug-likeness (QED) is 0.779. The third-order valence-electron chi connectivity index (χ3n) is 3.74. The van der Waals surface area contributed by atoms with Crippen molar-refractivity contribution in [2.24, 2.45) is 5.73 Å². The van der Waals surface area contributed by atoms with Crippen LogP contribution in [0.3, 0.4) is 0 Å². The second-order valence-corrected chi connectivity index (χ2v) is 5.92. The van der Waals surface area contributed by atoms with Gasteiger partial charge in [-0.25, -0.2) is 4.79 Å². The molecule has 0 amide bonds. The molecular weight excluding hydrogens is 326 g/mol. The van der Waals surface area contributed by atoms with Crippen LogP contribution in [0.2, 0.25) is 5.02 Å². The van der Waals surface area contributed by atoms with Crippen molar-refractivity contribution >= 4 is 17.6 Å². The number of halogens is 1. The number of hydrogen-bond acceptors (Lipinski definition) is 4. The fourth-order valence-electron chi connectivity index (χ4n) is 2.55. The summed E-state index contributed by atoms with van der Waals surface area (Å²) in [5, 5.41) is 0.705. The Balaban J connectivity index is 2.06. The van der Waals surface area contributed by atoms with Crippen molar-refractivity contribution in [2.45, 2.75) is 25.5 Å². The molecule has 24 heavy (non-hydrogen) atoms. The highest BCUT2D eigenvalue weighted by Crippen LogP contribution is 2.23. The molecule has 5 heteroatoms. The van der Waals surface area contributed by atoms with Crippen LogP contribution in [-0.4, -0.2) is 31.8 Å². The Bertz CT molecular complexity index is 673. The number of hydrogen-bond donors (Lipinski definition) is 1. The van der Waals surface area contributed by atoms with Crippen LogP contribution >= 0.6 is 11.6 Å². The monoisotopic (exact) mass is 347 g/mol. The molecule has 0 radical (unpaired) electrons. The summed E-state index contributed by atoms with van der Waals surface area (Å²) >= 11 is 6.03. The molecule has 0 saturated heterocycles. The summed E-state index contributed by atoms with van der Waals surface area (Å²) < 4.78 is 10.2. The Morgan fingerprint density at radius 3 is 2.46 bits per heavy atom. The highest BCUT2D eigenvalue weighted by molar-refractivity contribution is 6.30. The van der Waals surface area contributed by atoms with Crippen molar-refractivity contribution in [3.63, 3.8) is 0 Å². The number of benzene rings is 2. The zero-order valence-corrected chi connectivity index (χ0v) is 14.6. The third kappa shape index (κ3) is 4.81. The molecule has 0 bridgehead atoms. The van der Waals surface area contributed by atoms with Gasteiger partial charge in [0.15, 0.2) is 6.10 Å². The second kappa shape index (κ2) is 8.83. The van der Waals surface area contributed by atoms with E-state index in [4.69, 9.17) is 26.8 Å². The number of methoxy groups -OCH3 is 1. The number of nitrogens with two attached hydrogens (primary N) is 1. The zero-order valence-electron chi connectivity index (χ0n) is 13.9. The van der Waals surface area contributed by atoms with Crippen LogP contribution in [0.1, 0.15) is 12.5 Å². The van der Waals surface area contributed by atoms with Gasteiger partial charge >= 0.3 is 5.97 Å². The second-order valence-electron chi connectivity index (χ2n) is 5.48. The molecule has 2 aromatic carbocycles. The molecule has 0 fully saturated rings. The van der Waals surface area contributed by atoms with E-state index in [0.29, 0.717) is 18.1 Å². The highest BCUT2D eigenvalue weighted by atomic mass is 35.5. The minimum Gasteiger partial charge on any atom is -0.464 e. The maximum atomic E-state index is 11.8. The molecular formula is C19H22ClNO3. The van der Waals surface area contributed by atoms with Crippen molar-refractivity contribution in [2.75, 3.05) is 13.7 Å².